The summed E-state index contributed by atoms with van der Waals surface area (Å²) in [5, 5.41) is 0. The van der Waals surface area contributed by atoms with Gasteiger partial charge in [-0.2, -0.15) is 0 Å². The molecule has 0 aromatic carbocycles. The van der Waals surface area contributed by atoms with Crippen molar-refractivity contribution < 1.29 is 18.5 Å². The Morgan fingerprint density at radius 1 is 1.08 bits per heavy atom. The van der Waals surface area contributed by atoms with Gasteiger partial charge in [-0.1, -0.05) is 31.9 Å². The third-order valence-corrected chi connectivity index (χ3v) is 2.86. The van der Waals surface area contributed by atoms with Crippen LogP contribution in [0, 0.1) is 0 Å². The van der Waals surface area contributed by atoms with Gasteiger partial charge in [0.25, 0.3) is 0 Å². The van der Waals surface area contributed by atoms with Crippen molar-refractivity contribution in [3.05, 3.63) is 0 Å². The highest BCUT2D eigenvalue weighted by atomic mass is 79.9. The molecule has 0 aliphatic rings. The highest BCUT2D eigenvalue weighted by Crippen LogP contribution is 2.52. The van der Waals surface area contributed by atoms with Gasteiger partial charge in [-0.15, -0.1) is 0 Å². The number of alkyl halides is 2. The zero-order chi connectivity index (χ0) is 10.9. The predicted octanol–water partition coefficient (Wildman–Crippen LogP) is 3.38. The maximum Gasteiger partial charge on any atom is 0.474 e. The summed E-state index contributed by atoms with van der Waals surface area (Å²) in [5.41, 5.74) is 0. The van der Waals surface area contributed by atoms with Gasteiger partial charge in [-0.05, 0) is 27.7 Å². The molecule has 0 heterocycles. The molecular weight excluding hydrogens is 327 g/mol. The van der Waals surface area contributed by atoms with Crippen molar-refractivity contribution in [1.29, 1.82) is 0 Å². The van der Waals surface area contributed by atoms with Crippen molar-refractivity contribution >= 4 is 39.7 Å². The summed E-state index contributed by atoms with van der Waals surface area (Å²) in [6.07, 6.45) is 0. The standard InChI is InChI=1S/C6H13Br2O4P/c1-5(2,7)11-13(9,10)12-6(3,4)8/h1-4H3,(H,9,10). The number of hydrogen-bond acceptors (Lipinski definition) is 3. The maximum atomic E-state index is 11.3. The van der Waals surface area contributed by atoms with Gasteiger partial charge in [0.15, 0.2) is 0 Å². The van der Waals surface area contributed by atoms with Crippen LogP contribution in [0.2, 0.25) is 0 Å². The van der Waals surface area contributed by atoms with E-state index in [1.54, 1.807) is 27.7 Å². The van der Waals surface area contributed by atoms with Gasteiger partial charge in [-0.25, -0.2) is 4.57 Å². The summed E-state index contributed by atoms with van der Waals surface area (Å²) in [5.74, 6) is 0. The summed E-state index contributed by atoms with van der Waals surface area (Å²) in [6.45, 7) is 6.39. The van der Waals surface area contributed by atoms with Crippen molar-refractivity contribution in [1.82, 2.24) is 0 Å². The lowest BCUT2D eigenvalue weighted by Crippen LogP contribution is -2.19. The second-order valence-electron chi connectivity index (χ2n) is 3.38. The molecule has 0 rings (SSSR count). The fourth-order valence-corrected chi connectivity index (χ4v) is 2.80. The molecule has 80 valence electrons. The van der Waals surface area contributed by atoms with Crippen LogP contribution in [0.25, 0.3) is 0 Å². The van der Waals surface area contributed by atoms with Crippen LogP contribution in [0.4, 0.5) is 0 Å². The minimum atomic E-state index is -4.03. The largest absolute Gasteiger partial charge is 0.474 e. The molecule has 0 spiro atoms. The van der Waals surface area contributed by atoms with Gasteiger partial charge in [0.2, 0.25) is 0 Å². The summed E-state index contributed by atoms with van der Waals surface area (Å²) in [4.78, 5) is 9.24. The molecule has 1 N–H and O–H groups in total. The minimum Gasteiger partial charge on any atom is -0.302 e. The third kappa shape index (κ3) is 9.38. The number of rotatable bonds is 4. The monoisotopic (exact) mass is 338 g/mol. The summed E-state index contributed by atoms with van der Waals surface area (Å²) >= 11 is 6.14. The van der Waals surface area contributed by atoms with E-state index in [2.05, 4.69) is 31.9 Å². The predicted molar refractivity (Wildman–Crippen MR) is 58.0 cm³/mol. The highest BCUT2D eigenvalue weighted by Gasteiger charge is 2.35. The van der Waals surface area contributed by atoms with Gasteiger partial charge < -0.3 is 4.89 Å². The van der Waals surface area contributed by atoms with Crippen molar-refractivity contribution in [2.45, 2.75) is 36.7 Å². The molecule has 0 aliphatic heterocycles. The Balaban J connectivity index is 4.35. The lowest BCUT2D eigenvalue weighted by molar-refractivity contribution is 0.0786. The summed E-state index contributed by atoms with van der Waals surface area (Å²) < 4.78 is 19.1. The zero-order valence-corrected chi connectivity index (χ0v) is 11.9. The molecule has 4 nitrogen and oxygen atoms in total. The number of phosphoric ester groups is 1. The molecule has 0 fully saturated rings. The number of phosphoric acid groups is 1. The van der Waals surface area contributed by atoms with Crippen LogP contribution in [-0.4, -0.2) is 13.9 Å². The molecule has 13 heavy (non-hydrogen) atoms. The molecule has 0 aliphatic carbocycles. The van der Waals surface area contributed by atoms with E-state index in [-0.39, 0.29) is 0 Å². The number of halogens is 2. The molecule has 0 amide bonds. The van der Waals surface area contributed by atoms with Gasteiger partial charge in [-0.3, -0.25) is 9.05 Å². The first-order chi connectivity index (χ1) is 5.41. The van der Waals surface area contributed by atoms with E-state index >= 15 is 0 Å². The van der Waals surface area contributed by atoms with Crippen molar-refractivity contribution in [2.75, 3.05) is 0 Å². The van der Waals surface area contributed by atoms with Gasteiger partial charge in [0.1, 0.15) is 9.02 Å². The van der Waals surface area contributed by atoms with E-state index in [0.29, 0.717) is 0 Å². The molecule has 0 aromatic rings. The third-order valence-electron chi connectivity index (χ3n) is 0.665. The van der Waals surface area contributed by atoms with Gasteiger partial charge in [0.05, 0.1) is 0 Å². The quantitative estimate of drug-likeness (QED) is 0.630. The average Bonchev–Trinajstić information content (AvgIpc) is 1.43. The van der Waals surface area contributed by atoms with Crippen LogP contribution >= 0.6 is 39.7 Å². The SMILES string of the molecule is CC(C)(Br)OP(=O)(O)OC(C)(C)Br. The van der Waals surface area contributed by atoms with E-state index < -0.39 is 16.8 Å². The van der Waals surface area contributed by atoms with Crippen LogP contribution in [-0.2, 0) is 13.6 Å². The smallest absolute Gasteiger partial charge is 0.302 e. The summed E-state index contributed by atoms with van der Waals surface area (Å²) in [6, 6.07) is 0. The normalized spacial score (nSPS) is 14.7. The Bertz CT molecular complexity index is 198. The molecule has 0 unspecified atom stereocenters. The lowest BCUT2D eigenvalue weighted by atomic mass is 10.5. The summed E-state index contributed by atoms with van der Waals surface area (Å²) in [7, 11) is -4.03. The van der Waals surface area contributed by atoms with Crippen molar-refractivity contribution in [3.8, 4) is 0 Å². The fourth-order valence-electron chi connectivity index (χ4n) is 0.567. The average molecular weight is 340 g/mol. The highest BCUT2D eigenvalue weighted by molar-refractivity contribution is 9.10. The number of hydrogen-bond donors (Lipinski definition) is 1. The van der Waals surface area contributed by atoms with Crippen LogP contribution in [0.3, 0.4) is 0 Å². The maximum absolute atomic E-state index is 11.3. The van der Waals surface area contributed by atoms with Crippen LogP contribution in [0.5, 0.6) is 0 Å². The lowest BCUT2D eigenvalue weighted by Gasteiger charge is -2.25. The second kappa shape index (κ2) is 4.29. The molecule has 0 radical (unpaired) electrons. The first-order valence-electron chi connectivity index (χ1n) is 3.53. The Hall–Kier alpha value is 1.07. The van der Waals surface area contributed by atoms with Gasteiger partial charge in [0, 0.05) is 0 Å². The molecule has 0 saturated heterocycles. The Kier molecular flexibility index (Phi) is 4.64. The minimum absolute atomic E-state index is 0.893. The Morgan fingerprint density at radius 3 is 1.46 bits per heavy atom. The van der Waals surface area contributed by atoms with Crippen LogP contribution in [0.15, 0.2) is 0 Å². The fraction of sp³-hybridized carbons (Fsp3) is 1.00. The molecular formula is C6H13Br2O4P. The van der Waals surface area contributed by atoms with Crippen molar-refractivity contribution in [3.63, 3.8) is 0 Å². The first kappa shape index (κ1) is 14.1. The van der Waals surface area contributed by atoms with Crippen LogP contribution in [0.1, 0.15) is 27.7 Å². The molecule has 0 aromatic heterocycles. The van der Waals surface area contributed by atoms with Gasteiger partial charge >= 0.3 is 7.82 Å². The Labute approximate surface area is 94.9 Å². The topological polar surface area (TPSA) is 55.8 Å². The zero-order valence-electron chi connectivity index (χ0n) is 7.88. The van der Waals surface area contributed by atoms with Crippen molar-refractivity contribution in [2.24, 2.45) is 0 Å². The molecule has 0 bridgehead atoms. The van der Waals surface area contributed by atoms with E-state index in [0.717, 1.165) is 0 Å². The molecule has 7 heteroatoms. The van der Waals surface area contributed by atoms with Crippen LogP contribution < -0.4 is 0 Å². The second-order valence-corrected chi connectivity index (χ2v) is 8.50. The van der Waals surface area contributed by atoms with E-state index in [1.165, 1.54) is 0 Å². The first-order valence-corrected chi connectivity index (χ1v) is 6.62. The molecule has 0 saturated carbocycles. The molecule has 0 atom stereocenters. The van der Waals surface area contributed by atoms with E-state index in [4.69, 9.17) is 9.05 Å². The Morgan fingerprint density at radius 2 is 1.31 bits per heavy atom. The van der Waals surface area contributed by atoms with E-state index in [1.807, 2.05) is 0 Å². The van der Waals surface area contributed by atoms with E-state index in [9.17, 15) is 9.46 Å².